The van der Waals surface area contributed by atoms with E-state index in [4.69, 9.17) is 0 Å². The Morgan fingerprint density at radius 1 is 0.947 bits per heavy atom. The van der Waals surface area contributed by atoms with Gasteiger partial charge in [-0.25, -0.2) is 0 Å². The molecule has 0 spiro atoms. The Hall–Kier alpha value is -2.55. The summed E-state index contributed by atoms with van der Waals surface area (Å²) in [7, 11) is 0. The normalized spacial score (nSPS) is 16.7. The maximum Gasteiger partial charge on any atom is 0.193 e. The van der Waals surface area contributed by atoms with Crippen LogP contribution in [0.2, 0.25) is 0 Å². The van der Waals surface area contributed by atoms with E-state index in [1.165, 1.54) is 0 Å². The molecule has 1 atom stereocenters. The molecule has 2 aromatic rings. The molecule has 19 heavy (non-hydrogen) atoms. The number of carbonyl (C=O) groups is 1. The van der Waals surface area contributed by atoms with Crippen LogP contribution in [0.1, 0.15) is 15.9 Å². The Kier molecular flexibility index (Phi) is 3.02. The van der Waals surface area contributed by atoms with Gasteiger partial charge in [-0.2, -0.15) is 10.2 Å². The molecule has 1 unspecified atom stereocenters. The highest BCUT2D eigenvalue weighted by Crippen LogP contribution is 2.25. The summed E-state index contributed by atoms with van der Waals surface area (Å²) in [5.41, 5.74) is 2.43. The van der Waals surface area contributed by atoms with Crippen LogP contribution in [-0.4, -0.2) is 11.8 Å². The number of carbonyl (C=O) groups excluding carboxylic acids is 1. The zero-order chi connectivity index (χ0) is 13.1. The van der Waals surface area contributed by atoms with Gasteiger partial charge in [0.05, 0.1) is 5.69 Å². The summed E-state index contributed by atoms with van der Waals surface area (Å²) in [6.45, 7) is 0. The van der Waals surface area contributed by atoms with Crippen LogP contribution in [0.25, 0.3) is 6.08 Å². The lowest BCUT2D eigenvalue weighted by molar-refractivity contribution is 0.0977. The van der Waals surface area contributed by atoms with Gasteiger partial charge in [-0.3, -0.25) is 4.79 Å². The summed E-state index contributed by atoms with van der Waals surface area (Å²) in [4.78, 5) is 12.3. The standard InChI is InChI=1S/C16H12N2O/c19-16(13-7-2-1-3-8-13)15-11-10-12-6-4-5-9-14(12)17-18-15/h1-11,15H. The summed E-state index contributed by atoms with van der Waals surface area (Å²) < 4.78 is 0. The Balaban J connectivity index is 1.92. The third-order valence-corrected chi connectivity index (χ3v) is 3.01. The topological polar surface area (TPSA) is 41.8 Å². The SMILES string of the molecule is O=C(c1ccccc1)C1C=Cc2ccccc2N=N1. The van der Waals surface area contributed by atoms with Crippen LogP contribution in [0.5, 0.6) is 0 Å². The first kappa shape index (κ1) is 11.5. The predicted molar refractivity (Wildman–Crippen MR) is 74.6 cm³/mol. The first-order valence-electron chi connectivity index (χ1n) is 6.12. The average molecular weight is 248 g/mol. The highest BCUT2D eigenvalue weighted by atomic mass is 16.1. The number of nitrogens with zero attached hydrogens (tertiary/aromatic N) is 2. The Bertz CT molecular complexity index is 626. The number of ketones is 1. The van der Waals surface area contributed by atoms with Crippen molar-refractivity contribution >= 4 is 17.5 Å². The smallest absolute Gasteiger partial charge is 0.193 e. The molecule has 3 rings (SSSR count). The first-order valence-corrected chi connectivity index (χ1v) is 6.12. The van der Waals surface area contributed by atoms with E-state index < -0.39 is 6.04 Å². The van der Waals surface area contributed by atoms with Gasteiger partial charge >= 0.3 is 0 Å². The third-order valence-electron chi connectivity index (χ3n) is 3.01. The number of azo groups is 1. The van der Waals surface area contributed by atoms with Crippen LogP contribution in [0, 0.1) is 0 Å². The van der Waals surface area contributed by atoms with Crippen LogP contribution in [0.4, 0.5) is 5.69 Å². The molecule has 0 bridgehead atoms. The zero-order valence-electron chi connectivity index (χ0n) is 10.2. The van der Waals surface area contributed by atoms with Crippen molar-refractivity contribution in [3.05, 3.63) is 71.8 Å². The van der Waals surface area contributed by atoms with Crippen molar-refractivity contribution in [2.75, 3.05) is 0 Å². The summed E-state index contributed by atoms with van der Waals surface area (Å²) in [6.07, 6.45) is 3.70. The van der Waals surface area contributed by atoms with Gasteiger partial charge in [0.15, 0.2) is 11.8 Å². The van der Waals surface area contributed by atoms with Gasteiger partial charge in [0, 0.05) is 11.1 Å². The Labute approximate surface area is 111 Å². The van der Waals surface area contributed by atoms with E-state index in [0.717, 1.165) is 11.3 Å². The quantitative estimate of drug-likeness (QED) is 0.739. The van der Waals surface area contributed by atoms with Crippen LogP contribution in [0.3, 0.4) is 0 Å². The van der Waals surface area contributed by atoms with Crippen molar-refractivity contribution in [1.82, 2.24) is 0 Å². The maximum atomic E-state index is 12.3. The molecule has 0 aliphatic carbocycles. The van der Waals surface area contributed by atoms with Gasteiger partial charge in [-0.15, -0.1) is 0 Å². The van der Waals surface area contributed by atoms with E-state index in [-0.39, 0.29) is 5.78 Å². The van der Waals surface area contributed by atoms with Gasteiger partial charge in [0.25, 0.3) is 0 Å². The monoisotopic (exact) mass is 248 g/mol. The molecule has 0 amide bonds. The lowest BCUT2D eigenvalue weighted by Gasteiger charge is -2.03. The van der Waals surface area contributed by atoms with E-state index in [1.54, 1.807) is 18.2 Å². The van der Waals surface area contributed by atoms with E-state index in [9.17, 15) is 4.79 Å². The second kappa shape index (κ2) is 4.98. The molecule has 0 saturated heterocycles. The van der Waals surface area contributed by atoms with Crippen molar-refractivity contribution in [2.45, 2.75) is 6.04 Å². The highest BCUT2D eigenvalue weighted by Gasteiger charge is 2.18. The molecule has 0 N–H and O–H groups in total. The van der Waals surface area contributed by atoms with Crippen molar-refractivity contribution in [3.8, 4) is 0 Å². The van der Waals surface area contributed by atoms with Crippen molar-refractivity contribution in [1.29, 1.82) is 0 Å². The van der Waals surface area contributed by atoms with Crippen molar-refractivity contribution in [2.24, 2.45) is 10.2 Å². The Morgan fingerprint density at radius 2 is 1.68 bits per heavy atom. The second-order valence-electron chi connectivity index (χ2n) is 4.31. The van der Waals surface area contributed by atoms with Crippen molar-refractivity contribution in [3.63, 3.8) is 0 Å². The fraction of sp³-hybridized carbons (Fsp3) is 0.0625. The molecular formula is C16H12N2O. The number of hydrogen-bond acceptors (Lipinski definition) is 3. The maximum absolute atomic E-state index is 12.3. The molecular weight excluding hydrogens is 236 g/mol. The predicted octanol–water partition coefficient (Wildman–Crippen LogP) is 4.05. The van der Waals surface area contributed by atoms with Crippen LogP contribution >= 0.6 is 0 Å². The lowest BCUT2D eigenvalue weighted by atomic mass is 10.0. The van der Waals surface area contributed by atoms with Gasteiger partial charge in [0.1, 0.15) is 0 Å². The van der Waals surface area contributed by atoms with Crippen molar-refractivity contribution < 1.29 is 4.79 Å². The van der Waals surface area contributed by atoms with E-state index in [2.05, 4.69) is 10.2 Å². The highest BCUT2D eigenvalue weighted by molar-refractivity contribution is 6.02. The van der Waals surface area contributed by atoms with Gasteiger partial charge in [-0.1, -0.05) is 54.6 Å². The summed E-state index contributed by atoms with van der Waals surface area (Å²) >= 11 is 0. The molecule has 0 saturated carbocycles. The molecule has 1 heterocycles. The van der Waals surface area contributed by atoms with Gasteiger partial charge in [0.2, 0.25) is 0 Å². The number of hydrogen-bond donors (Lipinski definition) is 0. The largest absolute Gasteiger partial charge is 0.291 e. The minimum Gasteiger partial charge on any atom is -0.291 e. The Morgan fingerprint density at radius 3 is 2.53 bits per heavy atom. The number of benzene rings is 2. The summed E-state index contributed by atoms with van der Waals surface area (Å²) in [5.74, 6) is -0.0339. The van der Waals surface area contributed by atoms with Gasteiger partial charge < -0.3 is 0 Å². The van der Waals surface area contributed by atoms with E-state index >= 15 is 0 Å². The number of fused-ring (bicyclic) bond motifs is 1. The van der Waals surface area contributed by atoms with Crippen LogP contribution in [-0.2, 0) is 0 Å². The average Bonchev–Trinajstić information content (AvgIpc) is 2.70. The minimum atomic E-state index is -0.546. The van der Waals surface area contributed by atoms with E-state index in [0.29, 0.717) is 5.56 Å². The number of Topliss-reactive ketones (excluding diaryl/α,β-unsaturated/α-hetero) is 1. The van der Waals surface area contributed by atoms with Crippen LogP contribution in [0.15, 0.2) is 70.9 Å². The molecule has 0 radical (unpaired) electrons. The molecule has 1 aliphatic rings. The second-order valence-corrected chi connectivity index (χ2v) is 4.31. The fourth-order valence-electron chi connectivity index (χ4n) is 1.99. The minimum absolute atomic E-state index is 0.0339. The lowest BCUT2D eigenvalue weighted by Crippen LogP contribution is -2.15. The third kappa shape index (κ3) is 2.36. The molecule has 3 heteroatoms. The molecule has 0 aromatic heterocycles. The fourth-order valence-corrected chi connectivity index (χ4v) is 1.99. The molecule has 0 fully saturated rings. The summed E-state index contributed by atoms with van der Waals surface area (Å²) in [5, 5.41) is 8.29. The van der Waals surface area contributed by atoms with E-state index in [1.807, 2.05) is 48.5 Å². The molecule has 2 aromatic carbocycles. The first-order chi connectivity index (χ1) is 9.34. The summed E-state index contributed by atoms with van der Waals surface area (Å²) in [6, 6.07) is 16.3. The van der Waals surface area contributed by atoms with Crippen LogP contribution < -0.4 is 0 Å². The molecule has 3 nitrogen and oxygen atoms in total. The van der Waals surface area contributed by atoms with Gasteiger partial charge in [-0.05, 0) is 12.1 Å². The number of rotatable bonds is 2. The molecule has 1 aliphatic heterocycles. The molecule has 92 valence electrons. The zero-order valence-corrected chi connectivity index (χ0v) is 10.2.